The minimum absolute atomic E-state index is 0.0600. The van der Waals surface area contributed by atoms with Crippen LogP contribution >= 0.6 is 11.8 Å². The van der Waals surface area contributed by atoms with Gasteiger partial charge in [0.2, 0.25) is 5.91 Å². The first-order valence-electron chi connectivity index (χ1n) is 4.41. The van der Waals surface area contributed by atoms with Gasteiger partial charge in [0.1, 0.15) is 11.5 Å². The third kappa shape index (κ3) is 2.13. The van der Waals surface area contributed by atoms with E-state index >= 15 is 0 Å². The van der Waals surface area contributed by atoms with E-state index in [1.165, 1.54) is 28.8 Å². The molecular formula is C9H7F3N2OS. The number of thioether (sulfide) groups is 1. The number of pyridine rings is 1. The molecule has 0 saturated carbocycles. The molecule has 0 N–H and O–H groups in total. The molecule has 1 aromatic heterocycles. The van der Waals surface area contributed by atoms with Crippen LogP contribution in [0.5, 0.6) is 0 Å². The fraction of sp³-hybridized carbons (Fsp3) is 0.333. The summed E-state index contributed by atoms with van der Waals surface area (Å²) in [7, 11) is 0. The second-order valence-corrected chi connectivity index (χ2v) is 4.13. The zero-order valence-electron chi connectivity index (χ0n) is 7.99. The Labute approximate surface area is 93.6 Å². The number of hydrogen-bond donors (Lipinski definition) is 0. The summed E-state index contributed by atoms with van der Waals surface area (Å²) in [5, 5.41) is 0. The highest BCUT2D eigenvalue weighted by Crippen LogP contribution is 2.30. The van der Waals surface area contributed by atoms with E-state index in [9.17, 15) is 18.0 Å². The Kier molecular flexibility index (Phi) is 2.79. The van der Waals surface area contributed by atoms with Gasteiger partial charge in [-0.1, -0.05) is 6.07 Å². The van der Waals surface area contributed by atoms with Crippen LogP contribution in [-0.4, -0.2) is 22.5 Å². The summed E-state index contributed by atoms with van der Waals surface area (Å²) in [5.74, 6) is 0.493. The topological polar surface area (TPSA) is 33.2 Å². The number of hydrogen-bond acceptors (Lipinski definition) is 3. The van der Waals surface area contributed by atoms with Crippen molar-refractivity contribution in [3.05, 3.63) is 23.9 Å². The zero-order valence-corrected chi connectivity index (χ0v) is 8.81. The molecule has 16 heavy (non-hydrogen) atoms. The number of alkyl halides is 3. The molecule has 7 heteroatoms. The van der Waals surface area contributed by atoms with E-state index in [1.54, 1.807) is 0 Å². The molecule has 0 unspecified atom stereocenters. The molecule has 1 saturated heterocycles. The fourth-order valence-electron chi connectivity index (χ4n) is 1.30. The largest absolute Gasteiger partial charge is 0.433 e. The molecule has 0 atom stereocenters. The second-order valence-electron chi connectivity index (χ2n) is 3.18. The van der Waals surface area contributed by atoms with Crippen LogP contribution in [0.1, 0.15) is 5.69 Å². The summed E-state index contributed by atoms with van der Waals surface area (Å²) in [5.41, 5.74) is -0.977. The highest BCUT2D eigenvalue weighted by Gasteiger charge is 2.33. The van der Waals surface area contributed by atoms with Gasteiger partial charge in [-0.05, 0) is 12.1 Å². The number of nitrogens with zero attached hydrogens (tertiary/aromatic N) is 2. The minimum Gasteiger partial charge on any atom is -0.286 e. The number of aromatic nitrogens is 1. The quantitative estimate of drug-likeness (QED) is 0.763. The number of rotatable bonds is 1. The lowest BCUT2D eigenvalue weighted by Crippen LogP contribution is -2.26. The molecule has 1 aliphatic rings. The summed E-state index contributed by atoms with van der Waals surface area (Å²) in [6.45, 7) is 0. The van der Waals surface area contributed by atoms with Crippen molar-refractivity contribution in [1.29, 1.82) is 0 Å². The zero-order chi connectivity index (χ0) is 11.8. The van der Waals surface area contributed by atoms with Gasteiger partial charge >= 0.3 is 6.18 Å². The van der Waals surface area contributed by atoms with E-state index in [0.29, 0.717) is 5.88 Å². The lowest BCUT2D eigenvalue weighted by Gasteiger charge is -2.15. The molecule has 0 aliphatic carbocycles. The third-order valence-electron chi connectivity index (χ3n) is 2.05. The number of anilines is 1. The van der Waals surface area contributed by atoms with Gasteiger partial charge in [0.05, 0.1) is 11.6 Å². The lowest BCUT2D eigenvalue weighted by molar-refractivity contribution is -0.141. The molecule has 0 radical (unpaired) electrons. The molecule has 0 spiro atoms. The maximum Gasteiger partial charge on any atom is 0.433 e. The number of amides is 1. The molecule has 1 amide bonds. The highest BCUT2D eigenvalue weighted by molar-refractivity contribution is 8.00. The van der Waals surface area contributed by atoms with Crippen molar-refractivity contribution in [3.63, 3.8) is 0 Å². The van der Waals surface area contributed by atoms with Gasteiger partial charge in [-0.15, -0.1) is 11.8 Å². The summed E-state index contributed by atoms with van der Waals surface area (Å²) in [6.07, 6.45) is -4.48. The molecule has 2 heterocycles. The average molecular weight is 248 g/mol. The summed E-state index contributed by atoms with van der Waals surface area (Å²) in [4.78, 5) is 16.0. The number of carbonyl (C=O) groups is 1. The molecule has 1 aromatic rings. The first-order chi connectivity index (χ1) is 7.48. The molecule has 0 aromatic carbocycles. The predicted octanol–water partition coefficient (Wildman–Crippen LogP) is 2.14. The Morgan fingerprint density at radius 1 is 1.38 bits per heavy atom. The summed E-state index contributed by atoms with van der Waals surface area (Å²) in [6, 6.07) is 3.54. The van der Waals surface area contributed by atoms with Crippen molar-refractivity contribution in [2.45, 2.75) is 6.18 Å². The molecule has 0 bridgehead atoms. The van der Waals surface area contributed by atoms with Crippen LogP contribution in [0.4, 0.5) is 19.0 Å². The Bertz CT molecular complexity index is 421. The van der Waals surface area contributed by atoms with Crippen LogP contribution < -0.4 is 4.90 Å². The van der Waals surface area contributed by atoms with E-state index in [1.807, 2.05) is 0 Å². The molecule has 2 rings (SSSR count). The Balaban J connectivity index is 2.32. The van der Waals surface area contributed by atoms with Crippen molar-refractivity contribution in [1.82, 2.24) is 4.98 Å². The standard InChI is InChI=1S/C9H7F3N2OS/c10-9(11,12)6-2-1-3-7(13-6)14-5-16-4-8(14)15/h1-3H,4-5H2. The minimum atomic E-state index is -4.48. The molecule has 3 nitrogen and oxygen atoms in total. The van der Waals surface area contributed by atoms with E-state index in [-0.39, 0.29) is 17.5 Å². The molecular weight excluding hydrogens is 241 g/mol. The van der Waals surface area contributed by atoms with Crippen LogP contribution in [0, 0.1) is 0 Å². The van der Waals surface area contributed by atoms with Gasteiger partial charge in [0.25, 0.3) is 0 Å². The van der Waals surface area contributed by atoms with Crippen LogP contribution in [0.3, 0.4) is 0 Å². The SMILES string of the molecule is O=C1CSCN1c1cccc(C(F)(F)F)n1. The Morgan fingerprint density at radius 3 is 2.69 bits per heavy atom. The first kappa shape index (κ1) is 11.3. The molecule has 1 aliphatic heterocycles. The Morgan fingerprint density at radius 2 is 2.12 bits per heavy atom. The van der Waals surface area contributed by atoms with E-state index in [4.69, 9.17) is 0 Å². The van der Waals surface area contributed by atoms with Crippen molar-refractivity contribution < 1.29 is 18.0 Å². The van der Waals surface area contributed by atoms with E-state index in [2.05, 4.69) is 4.98 Å². The average Bonchev–Trinajstić information content (AvgIpc) is 2.63. The van der Waals surface area contributed by atoms with Gasteiger partial charge in [-0.3, -0.25) is 9.69 Å². The van der Waals surface area contributed by atoms with Gasteiger partial charge < -0.3 is 0 Å². The maximum atomic E-state index is 12.4. The molecule has 1 fully saturated rings. The maximum absolute atomic E-state index is 12.4. The van der Waals surface area contributed by atoms with Crippen LogP contribution in [0.2, 0.25) is 0 Å². The molecule has 86 valence electrons. The summed E-state index contributed by atoms with van der Waals surface area (Å²) < 4.78 is 37.1. The fourth-order valence-corrected chi connectivity index (χ4v) is 2.18. The van der Waals surface area contributed by atoms with Gasteiger partial charge in [-0.25, -0.2) is 4.98 Å². The predicted molar refractivity (Wildman–Crippen MR) is 54.1 cm³/mol. The van der Waals surface area contributed by atoms with Crippen molar-refractivity contribution in [3.8, 4) is 0 Å². The monoisotopic (exact) mass is 248 g/mol. The van der Waals surface area contributed by atoms with Gasteiger partial charge in [-0.2, -0.15) is 13.2 Å². The normalized spacial score (nSPS) is 16.9. The van der Waals surface area contributed by atoms with Crippen molar-refractivity contribution in [2.24, 2.45) is 0 Å². The second kappa shape index (κ2) is 3.97. The first-order valence-corrected chi connectivity index (χ1v) is 5.56. The third-order valence-corrected chi connectivity index (χ3v) is 2.94. The van der Waals surface area contributed by atoms with Gasteiger partial charge in [0.15, 0.2) is 0 Å². The van der Waals surface area contributed by atoms with Gasteiger partial charge in [0, 0.05) is 0 Å². The summed E-state index contributed by atoms with van der Waals surface area (Å²) >= 11 is 1.35. The van der Waals surface area contributed by atoms with Crippen molar-refractivity contribution >= 4 is 23.5 Å². The Hall–Kier alpha value is -1.24. The van der Waals surface area contributed by atoms with Crippen LogP contribution in [-0.2, 0) is 11.0 Å². The van der Waals surface area contributed by atoms with Crippen molar-refractivity contribution in [2.75, 3.05) is 16.5 Å². The smallest absolute Gasteiger partial charge is 0.286 e. The van der Waals surface area contributed by atoms with E-state index < -0.39 is 11.9 Å². The lowest BCUT2D eigenvalue weighted by atomic mass is 10.3. The van der Waals surface area contributed by atoms with Crippen LogP contribution in [0.25, 0.3) is 0 Å². The number of carbonyl (C=O) groups excluding carboxylic acids is 1. The highest BCUT2D eigenvalue weighted by atomic mass is 32.2. The van der Waals surface area contributed by atoms with Crippen LogP contribution in [0.15, 0.2) is 18.2 Å². The number of halogens is 3. The van der Waals surface area contributed by atoms with E-state index in [0.717, 1.165) is 6.07 Å².